The lowest BCUT2D eigenvalue weighted by atomic mass is 10.1. The second-order valence-electron chi connectivity index (χ2n) is 5.37. The van der Waals surface area contributed by atoms with Crippen molar-refractivity contribution in [3.05, 3.63) is 72.2 Å². The molecule has 24 heavy (non-hydrogen) atoms. The Morgan fingerprint density at radius 1 is 1.08 bits per heavy atom. The molecule has 1 atom stereocenters. The summed E-state index contributed by atoms with van der Waals surface area (Å²) in [6.45, 7) is 1.41. The van der Waals surface area contributed by atoms with Crippen LogP contribution in [0.5, 0.6) is 0 Å². The van der Waals surface area contributed by atoms with E-state index < -0.39 is 16.0 Å². The number of sulfone groups is 1. The van der Waals surface area contributed by atoms with Crippen molar-refractivity contribution >= 4 is 9.84 Å². The predicted octanol–water partition coefficient (Wildman–Crippen LogP) is 3.27. The number of rotatable bonds is 5. The van der Waals surface area contributed by atoms with Crippen molar-refractivity contribution in [3.8, 4) is 5.82 Å². The number of pyridine rings is 1. The third-order valence-electron chi connectivity index (χ3n) is 3.62. The first-order valence-electron chi connectivity index (χ1n) is 7.38. The van der Waals surface area contributed by atoms with Gasteiger partial charge in [0.05, 0.1) is 16.3 Å². The summed E-state index contributed by atoms with van der Waals surface area (Å²) < 4.78 is 40.0. The van der Waals surface area contributed by atoms with Crippen LogP contribution in [0, 0.1) is 0 Å². The maximum absolute atomic E-state index is 13.2. The fraction of sp³-hybridized carbons (Fsp3) is 0.176. The lowest BCUT2D eigenvalue weighted by Crippen LogP contribution is -2.11. The molecule has 0 spiro atoms. The number of benzene rings is 1. The van der Waals surface area contributed by atoms with E-state index in [2.05, 4.69) is 10.1 Å². The molecule has 1 aromatic carbocycles. The number of nitrogens with zero attached hydrogens (tertiary/aromatic N) is 3. The maximum atomic E-state index is 13.2. The monoisotopic (exact) mass is 345 g/mol. The summed E-state index contributed by atoms with van der Waals surface area (Å²) in [4.78, 5) is 4.33. The van der Waals surface area contributed by atoms with Gasteiger partial charge in [0.25, 0.3) is 0 Å². The van der Waals surface area contributed by atoms with Crippen LogP contribution in [0.1, 0.15) is 24.4 Å². The highest BCUT2D eigenvalue weighted by Crippen LogP contribution is 2.22. The van der Waals surface area contributed by atoms with Gasteiger partial charge in [-0.05, 0) is 42.8 Å². The predicted molar refractivity (Wildman–Crippen MR) is 88.2 cm³/mol. The molecule has 0 aliphatic heterocycles. The largest absolute Gasteiger partial charge is 0.243 e. The van der Waals surface area contributed by atoms with E-state index in [1.807, 2.05) is 0 Å². The highest BCUT2D eigenvalue weighted by atomic mass is 32.2. The van der Waals surface area contributed by atoms with Crippen molar-refractivity contribution in [3.63, 3.8) is 0 Å². The molecule has 0 radical (unpaired) electrons. The van der Waals surface area contributed by atoms with E-state index in [1.165, 1.54) is 42.1 Å². The Bertz CT molecular complexity index is 920. The number of hydrogen-bond donors (Lipinski definition) is 0. The summed E-state index contributed by atoms with van der Waals surface area (Å²) in [5.74, 6) is 0.336. The van der Waals surface area contributed by atoms with Gasteiger partial charge in [-0.3, -0.25) is 0 Å². The van der Waals surface area contributed by atoms with Crippen LogP contribution in [0.15, 0.2) is 65.8 Å². The Morgan fingerprint density at radius 2 is 1.83 bits per heavy atom. The van der Waals surface area contributed by atoms with Crippen molar-refractivity contribution in [2.75, 3.05) is 0 Å². The summed E-state index contributed by atoms with van der Waals surface area (Å²) in [7, 11) is -3.57. The number of halogens is 1. The number of aromatic nitrogens is 3. The van der Waals surface area contributed by atoms with Crippen LogP contribution >= 0.6 is 0 Å². The van der Waals surface area contributed by atoms with Gasteiger partial charge in [-0.2, -0.15) is 5.10 Å². The van der Waals surface area contributed by atoms with Crippen molar-refractivity contribution in [2.24, 2.45) is 0 Å². The highest BCUT2D eigenvalue weighted by molar-refractivity contribution is 7.90. The molecule has 5 nitrogen and oxygen atoms in total. The summed E-state index contributed by atoms with van der Waals surface area (Å²) in [5, 5.41) is 4.14. The zero-order chi connectivity index (χ0) is 17.2. The lowest BCUT2D eigenvalue weighted by molar-refractivity contribution is 0.374. The van der Waals surface area contributed by atoms with E-state index in [9.17, 15) is 12.8 Å². The molecule has 0 bridgehead atoms. The molecular formula is C17H16FN3O2S. The molecule has 1 unspecified atom stereocenters. The highest BCUT2D eigenvalue weighted by Gasteiger charge is 2.19. The molecule has 0 aliphatic carbocycles. The minimum atomic E-state index is -3.57. The van der Waals surface area contributed by atoms with Gasteiger partial charge < -0.3 is 0 Å². The average molecular weight is 345 g/mol. The Kier molecular flexibility index (Phi) is 4.44. The molecule has 7 heteroatoms. The summed E-state index contributed by atoms with van der Waals surface area (Å²) in [5.41, 5.74) is 0.962. The lowest BCUT2D eigenvalue weighted by Gasteiger charge is -2.09. The number of hydrogen-bond acceptors (Lipinski definition) is 4. The Morgan fingerprint density at radius 3 is 2.46 bits per heavy atom. The van der Waals surface area contributed by atoms with Crippen LogP contribution in [0.3, 0.4) is 0 Å². The minimum Gasteiger partial charge on any atom is -0.243 e. The zero-order valence-corrected chi connectivity index (χ0v) is 13.8. The summed E-state index contributed by atoms with van der Waals surface area (Å²) >= 11 is 0. The van der Waals surface area contributed by atoms with E-state index >= 15 is 0 Å². The van der Waals surface area contributed by atoms with Gasteiger partial charge in [-0.25, -0.2) is 22.5 Å². The van der Waals surface area contributed by atoms with Gasteiger partial charge in [0, 0.05) is 12.4 Å². The Balaban J connectivity index is 1.90. The standard InChI is InChI=1S/C17H16FN3O2S/c1-13(18)14-5-7-16(8-6-14)24(22,23)12-15-9-11-20-21(15)17-4-2-3-10-19-17/h2-11,13H,12H2,1H3. The van der Waals surface area contributed by atoms with Gasteiger partial charge in [-0.15, -0.1) is 0 Å². The zero-order valence-electron chi connectivity index (χ0n) is 13.0. The topological polar surface area (TPSA) is 64.8 Å². The Hall–Kier alpha value is -2.54. The SMILES string of the molecule is CC(F)c1ccc(S(=O)(=O)Cc2ccnn2-c2ccccn2)cc1. The van der Waals surface area contributed by atoms with Crippen LogP contribution in [0.25, 0.3) is 5.82 Å². The molecule has 0 fully saturated rings. The molecule has 3 aromatic rings. The van der Waals surface area contributed by atoms with Crippen LogP contribution in [0.4, 0.5) is 4.39 Å². The first-order valence-corrected chi connectivity index (χ1v) is 9.04. The van der Waals surface area contributed by atoms with E-state index in [-0.39, 0.29) is 10.6 Å². The van der Waals surface area contributed by atoms with E-state index in [0.29, 0.717) is 17.1 Å². The van der Waals surface area contributed by atoms with Gasteiger partial charge >= 0.3 is 0 Å². The normalized spacial score (nSPS) is 12.9. The van der Waals surface area contributed by atoms with Crippen LogP contribution in [-0.4, -0.2) is 23.2 Å². The van der Waals surface area contributed by atoms with Crippen LogP contribution < -0.4 is 0 Å². The van der Waals surface area contributed by atoms with Crippen molar-refractivity contribution < 1.29 is 12.8 Å². The summed E-state index contributed by atoms with van der Waals surface area (Å²) in [6, 6.07) is 12.8. The summed E-state index contributed by atoms with van der Waals surface area (Å²) in [6.07, 6.45) is 2.02. The fourth-order valence-corrected chi connectivity index (χ4v) is 3.67. The van der Waals surface area contributed by atoms with Gasteiger partial charge in [0.1, 0.15) is 6.17 Å². The van der Waals surface area contributed by atoms with Gasteiger partial charge in [0.15, 0.2) is 15.7 Å². The van der Waals surface area contributed by atoms with E-state index in [1.54, 1.807) is 30.5 Å². The van der Waals surface area contributed by atoms with Gasteiger partial charge in [0.2, 0.25) is 0 Å². The molecule has 2 aromatic heterocycles. The first kappa shape index (κ1) is 16.3. The Labute approximate surface area is 139 Å². The molecule has 0 saturated heterocycles. The van der Waals surface area contributed by atoms with Crippen molar-refractivity contribution in [1.82, 2.24) is 14.8 Å². The van der Waals surface area contributed by atoms with Crippen molar-refractivity contribution in [2.45, 2.75) is 23.7 Å². The molecule has 3 rings (SSSR count). The van der Waals surface area contributed by atoms with E-state index in [4.69, 9.17) is 0 Å². The van der Waals surface area contributed by atoms with Crippen LogP contribution in [-0.2, 0) is 15.6 Å². The van der Waals surface area contributed by atoms with Gasteiger partial charge in [-0.1, -0.05) is 18.2 Å². The van der Waals surface area contributed by atoms with E-state index in [0.717, 1.165) is 0 Å². The molecule has 0 aliphatic rings. The second-order valence-corrected chi connectivity index (χ2v) is 7.36. The molecule has 124 valence electrons. The number of alkyl halides is 1. The molecule has 0 amide bonds. The molecular weight excluding hydrogens is 329 g/mol. The molecule has 2 heterocycles. The van der Waals surface area contributed by atoms with Crippen molar-refractivity contribution in [1.29, 1.82) is 0 Å². The third kappa shape index (κ3) is 3.35. The molecule has 0 saturated carbocycles. The average Bonchev–Trinajstić information content (AvgIpc) is 3.03. The van der Waals surface area contributed by atoms with Crippen LogP contribution in [0.2, 0.25) is 0 Å². The maximum Gasteiger partial charge on any atom is 0.184 e. The first-order chi connectivity index (χ1) is 11.5. The second kappa shape index (κ2) is 6.52. The minimum absolute atomic E-state index is 0.153. The molecule has 0 N–H and O–H groups in total. The fourth-order valence-electron chi connectivity index (χ4n) is 2.34. The third-order valence-corrected chi connectivity index (χ3v) is 5.29. The smallest absolute Gasteiger partial charge is 0.184 e. The quantitative estimate of drug-likeness (QED) is 0.712.